The molecule has 0 aromatic heterocycles. The van der Waals surface area contributed by atoms with Gasteiger partial charge in [0.1, 0.15) is 11.8 Å². The smallest absolute Gasteiger partial charge is 0.293 e. The fraction of sp³-hybridized carbons (Fsp3) is 0.500. The Hall–Kier alpha value is -2.09. The van der Waals surface area contributed by atoms with Gasteiger partial charge in [-0.3, -0.25) is 10.1 Å². The summed E-state index contributed by atoms with van der Waals surface area (Å²) in [6.45, 7) is 5.82. The summed E-state index contributed by atoms with van der Waals surface area (Å²) >= 11 is 0. The lowest BCUT2D eigenvalue weighted by Crippen LogP contribution is -2.39. The van der Waals surface area contributed by atoms with Crippen molar-refractivity contribution in [2.45, 2.75) is 20.3 Å². The molecule has 0 saturated carbocycles. The third-order valence-corrected chi connectivity index (χ3v) is 3.52. The first kappa shape index (κ1) is 13.3. The number of nitro groups is 1. The molecule has 1 aliphatic rings. The Balaban J connectivity index is 2.48. The van der Waals surface area contributed by atoms with Crippen LogP contribution in [0.25, 0.3) is 0 Å². The highest BCUT2D eigenvalue weighted by atomic mass is 16.6. The van der Waals surface area contributed by atoms with Gasteiger partial charge in [-0.1, -0.05) is 19.9 Å². The number of nitrogens with zero attached hydrogens (tertiary/aromatic N) is 3. The maximum atomic E-state index is 11.2. The first-order valence-corrected chi connectivity index (χ1v) is 6.45. The van der Waals surface area contributed by atoms with Gasteiger partial charge in [-0.05, 0) is 24.3 Å². The van der Waals surface area contributed by atoms with Crippen molar-refractivity contribution in [1.82, 2.24) is 0 Å². The van der Waals surface area contributed by atoms with E-state index in [4.69, 9.17) is 0 Å². The molecule has 0 amide bonds. The molecule has 0 bridgehead atoms. The quantitative estimate of drug-likeness (QED) is 0.604. The molecule has 5 nitrogen and oxygen atoms in total. The lowest BCUT2D eigenvalue weighted by Gasteiger charge is -2.36. The largest absolute Gasteiger partial charge is 0.364 e. The van der Waals surface area contributed by atoms with Crippen LogP contribution in [0, 0.1) is 33.3 Å². The second-order valence-corrected chi connectivity index (χ2v) is 5.39. The second kappa shape index (κ2) is 5.27. The van der Waals surface area contributed by atoms with Crippen molar-refractivity contribution in [3.05, 3.63) is 33.9 Å². The molecule has 0 spiro atoms. The highest BCUT2D eigenvalue weighted by Gasteiger charge is 2.29. The monoisotopic (exact) mass is 259 g/mol. The van der Waals surface area contributed by atoms with E-state index >= 15 is 0 Å². The number of benzene rings is 1. The molecule has 1 aliphatic heterocycles. The molecule has 100 valence electrons. The van der Waals surface area contributed by atoms with Crippen LogP contribution in [0.5, 0.6) is 0 Å². The van der Waals surface area contributed by atoms with Crippen LogP contribution in [0.3, 0.4) is 0 Å². The zero-order chi connectivity index (χ0) is 14.0. The summed E-state index contributed by atoms with van der Waals surface area (Å²) in [6, 6.07) is 6.76. The van der Waals surface area contributed by atoms with Crippen LogP contribution in [-0.2, 0) is 0 Å². The van der Waals surface area contributed by atoms with E-state index in [1.54, 1.807) is 12.1 Å². The van der Waals surface area contributed by atoms with E-state index in [2.05, 4.69) is 19.9 Å². The normalized spacial score (nSPS) is 22.9. The molecule has 0 radical (unpaired) electrons. The van der Waals surface area contributed by atoms with Crippen LogP contribution in [0.4, 0.5) is 11.4 Å². The predicted octanol–water partition coefficient (Wildman–Crippen LogP) is 2.95. The lowest BCUT2D eigenvalue weighted by atomic mass is 9.91. The summed E-state index contributed by atoms with van der Waals surface area (Å²) in [5, 5.41) is 20.4. The van der Waals surface area contributed by atoms with Gasteiger partial charge in [-0.25, -0.2) is 0 Å². The predicted molar refractivity (Wildman–Crippen MR) is 73.0 cm³/mol. The fourth-order valence-electron chi connectivity index (χ4n) is 2.95. The highest BCUT2D eigenvalue weighted by molar-refractivity contribution is 5.71. The molecular formula is C14H17N3O2. The summed E-state index contributed by atoms with van der Waals surface area (Å²) < 4.78 is 0. The van der Waals surface area contributed by atoms with Crippen LogP contribution in [-0.4, -0.2) is 18.0 Å². The average molecular weight is 259 g/mol. The summed E-state index contributed by atoms with van der Waals surface area (Å²) in [6.07, 6.45) is 1.12. The van der Waals surface area contributed by atoms with Crippen LogP contribution < -0.4 is 4.90 Å². The van der Waals surface area contributed by atoms with Gasteiger partial charge in [0.15, 0.2) is 0 Å². The Kier molecular flexibility index (Phi) is 3.70. The molecule has 1 fully saturated rings. The molecule has 1 aromatic rings. The Morgan fingerprint density at radius 1 is 1.37 bits per heavy atom. The van der Waals surface area contributed by atoms with Crippen molar-refractivity contribution in [3.8, 4) is 6.07 Å². The zero-order valence-electron chi connectivity index (χ0n) is 11.2. The highest BCUT2D eigenvalue weighted by Crippen LogP contribution is 2.35. The number of hydrogen-bond donors (Lipinski definition) is 0. The molecule has 1 aromatic carbocycles. The van der Waals surface area contributed by atoms with Crippen LogP contribution >= 0.6 is 0 Å². The number of nitro benzene ring substituents is 1. The molecule has 1 heterocycles. The fourth-order valence-corrected chi connectivity index (χ4v) is 2.95. The molecule has 5 heteroatoms. The summed E-state index contributed by atoms with van der Waals surface area (Å²) in [5.41, 5.74) is 0.893. The minimum absolute atomic E-state index is 0.0281. The summed E-state index contributed by atoms with van der Waals surface area (Å²) in [4.78, 5) is 12.8. The Morgan fingerprint density at radius 3 is 2.53 bits per heavy atom. The molecule has 19 heavy (non-hydrogen) atoms. The number of para-hydroxylation sites is 1. The first-order chi connectivity index (χ1) is 9.02. The SMILES string of the molecule is C[C@@H]1C[C@H](C)CN(c2c(C#N)cccc2[N+](=O)[O-])C1. The van der Waals surface area contributed by atoms with Gasteiger partial charge in [0.05, 0.1) is 10.5 Å². The van der Waals surface area contributed by atoms with E-state index in [1.807, 2.05) is 4.90 Å². The lowest BCUT2D eigenvalue weighted by molar-refractivity contribution is -0.384. The molecule has 2 atom stereocenters. The van der Waals surface area contributed by atoms with Crippen molar-refractivity contribution in [1.29, 1.82) is 5.26 Å². The van der Waals surface area contributed by atoms with Gasteiger partial charge < -0.3 is 4.90 Å². The Labute approximate surface area is 112 Å². The third kappa shape index (κ3) is 2.68. The number of nitriles is 1. The van der Waals surface area contributed by atoms with Crippen molar-refractivity contribution < 1.29 is 4.92 Å². The molecule has 0 unspecified atom stereocenters. The number of piperidine rings is 1. The molecule has 0 N–H and O–H groups in total. The molecule has 2 rings (SSSR count). The maximum absolute atomic E-state index is 11.2. The minimum atomic E-state index is -0.403. The minimum Gasteiger partial charge on any atom is -0.364 e. The summed E-state index contributed by atoms with van der Waals surface area (Å²) in [5.74, 6) is 0.963. The van der Waals surface area contributed by atoms with Crippen molar-refractivity contribution in [2.75, 3.05) is 18.0 Å². The van der Waals surface area contributed by atoms with Gasteiger partial charge in [0, 0.05) is 19.2 Å². The van der Waals surface area contributed by atoms with Crippen LogP contribution in [0.2, 0.25) is 0 Å². The second-order valence-electron chi connectivity index (χ2n) is 5.39. The van der Waals surface area contributed by atoms with E-state index in [9.17, 15) is 15.4 Å². The van der Waals surface area contributed by atoms with Crippen LogP contribution in [0.1, 0.15) is 25.8 Å². The number of anilines is 1. The van der Waals surface area contributed by atoms with Gasteiger partial charge >= 0.3 is 0 Å². The maximum Gasteiger partial charge on any atom is 0.293 e. The van der Waals surface area contributed by atoms with Gasteiger partial charge in [0.25, 0.3) is 5.69 Å². The molecule has 0 aliphatic carbocycles. The first-order valence-electron chi connectivity index (χ1n) is 6.45. The van der Waals surface area contributed by atoms with Crippen molar-refractivity contribution >= 4 is 11.4 Å². The third-order valence-electron chi connectivity index (χ3n) is 3.52. The summed E-state index contributed by atoms with van der Waals surface area (Å²) in [7, 11) is 0. The number of rotatable bonds is 2. The molecule has 1 saturated heterocycles. The van der Waals surface area contributed by atoms with Crippen molar-refractivity contribution in [3.63, 3.8) is 0 Å². The topological polar surface area (TPSA) is 70.2 Å². The van der Waals surface area contributed by atoms with E-state index < -0.39 is 4.92 Å². The van der Waals surface area contributed by atoms with Gasteiger partial charge in [-0.2, -0.15) is 5.26 Å². The van der Waals surface area contributed by atoms with E-state index in [1.165, 1.54) is 6.07 Å². The average Bonchev–Trinajstić information content (AvgIpc) is 2.36. The van der Waals surface area contributed by atoms with Gasteiger partial charge in [-0.15, -0.1) is 0 Å². The molecular weight excluding hydrogens is 242 g/mol. The Bertz CT molecular complexity index is 526. The van der Waals surface area contributed by atoms with E-state index in [0.29, 0.717) is 23.1 Å². The van der Waals surface area contributed by atoms with Crippen molar-refractivity contribution in [2.24, 2.45) is 11.8 Å². The van der Waals surface area contributed by atoms with E-state index in [0.717, 1.165) is 19.5 Å². The zero-order valence-corrected chi connectivity index (χ0v) is 11.2. The van der Waals surface area contributed by atoms with Gasteiger partial charge in [0.2, 0.25) is 0 Å². The van der Waals surface area contributed by atoms with E-state index in [-0.39, 0.29) is 5.69 Å². The Morgan fingerprint density at radius 2 is 2.00 bits per heavy atom. The standard InChI is InChI=1S/C14H17N3O2/c1-10-6-11(2)9-16(8-10)14-12(7-15)4-3-5-13(14)17(18)19/h3-5,10-11H,6,8-9H2,1-2H3/t10-,11+. The van der Waals surface area contributed by atoms with Crippen LogP contribution in [0.15, 0.2) is 18.2 Å². The number of hydrogen-bond acceptors (Lipinski definition) is 4.